The maximum atomic E-state index is 11.4. The van der Waals surface area contributed by atoms with Crippen molar-refractivity contribution in [1.82, 2.24) is 0 Å². The van der Waals surface area contributed by atoms with Crippen LogP contribution in [0.3, 0.4) is 0 Å². The molecule has 0 aliphatic rings. The van der Waals surface area contributed by atoms with Gasteiger partial charge < -0.3 is 5.21 Å². The highest BCUT2D eigenvalue weighted by molar-refractivity contribution is 9.09. The van der Waals surface area contributed by atoms with Gasteiger partial charge in [0.15, 0.2) is 5.71 Å². The highest BCUT2D eigenvalue weighted by Gasteiger charge is 2.35. The van der Waals surface area contributed by atoms with Crippen molar-refractivity contribution in [2.75, 3.05) is 5.33 Å². The van der Waals surface area contributed by atoms with Crippen LogP contribution < -0.4 is 0 Å². The normalized spacial score (nSPS) is 14.0. The highest BCUT2D eigenvalue weighted by atomic mass is 79.9. The lowest BCUT2D eigenvalue weighted by Crippen LogP contribution is -2.23. The SMILES string of the molecule is O/N=C(/CBr)C(F)(F)F. The van der Waals surface area contributed by atoms with Gasteiger partial charge in [0, 0.05) is 0 Å². The van der Waals surface area contributed by atoms with Gasteiger partial charge in [0.05, 0.1) is 5.33 Å². The summed E-state index contributed by atoms with van der Waals surface area (Å²) in [4.78, 5) is 0. The summed E-state index contributed by atoms with van der Waals surface area (Å²) in [5.41, 5.74) is -1.23. The van der Waals surface area contributed by atoms with Crippen LogP contribution in [0.5, 0.6) is 0 Å². The summed E-state index contributed by atoms with van der Waals surface area (Å²) in [6, 6.07) is 0. The largest absolute Gasteiger partial charge is 0.433 e. The second-order valence-electron chi connectivity index (χ2n) is 1.18. The van der Waals surface area contributed by atoms with E-state index < -0.39 is 17.2 Å². The molecular weight excluding hydrogens is 203 g/mol. The lowest BCUT2D eigenvalue weighted by Gasteiger charge is -2.02. The van der Waals surface area contributed by atoms with E-state index in [1.807, 2.05) is 5.16 Å². The molecule has 0 amide bonds. The lowest BCUT2D eigenvalue weighted by molar-refractivity contribution is -0.0609. The topological polar surface area (TPSA) is 32.6 Å². The van der Waals surface area contributed by atoms with Crippen LogP contribution in [0.4, 0.5) is 13.2 Å². The Morgan fingerprint density at radius 1 is 1.56 bits per heavy atom. The second kappa shape index (κ2) is 3.05. The molecule has 0 radical (unpaired) electrons. The third-order valence-electron chi connectivity index (χ3n) is 0.575. The number of alkyl halides is 4. The molecule has 0 aromatic heterocycles. The molecule has 0 aromatic rings. The second-order valence-corrected chi connectivity index (χ2v) is 1.74. The smallest absolute Gasteiger partial charge is 0.411 e. The first kappa shape index (κ1) is 8.74. The van der Waals surface area contributed by atoms with Crippen LogP contribution in [0, 0.1) is 0 Å². The van der Waals surface area contributed by atoms with Crippen molar-refractivity contribution in [1.29, 1.82) is 0 Å². The maximum Gasteiger partial charge on any atom is 0.433 e. The van der Waals surface area contributed by atoms with Gasteiger partial charge in [-0.1, -0.05) is 21.1 Å². The van der Waals surface area contributed by atoms with E-state index in [0.29, 0.717) is 0 Å². The van der Waals surface area contributed by atoms with Crippen LogP contribution in [0.2, 0.25) is 0 Å². The zero-order chi connectivity index (χ0) is 7.49. The van der Waals surface area contributed by atoms with E-state index in [-0.39, 0.29) is 0 Å². The summed E-state index contributed by atoms with van der Waals surface area (Å²) in [6.45, 7) is 0. The minimum atomic E-state index is -4.53. The van der Waals surface area contributed by atoms with Crippen LogP contribution in [-0.4, -0.2) is 22.4 Å². The Hall–Kier alpha value is -0.260. The molecule has 0 heterocycles. The average molecular weight is 206 g/mol. The van der Waals surface area contributed by atoms with Crippen LogP contribution in [-0.2, 0) is 0 Å². The number of nitrogens with zero attached hydrogens (tertiary/aromatic N) is 1. The molecule has 0 rings (SSSR count). The molecule has 1 N–H and O–H groups in total. The Bertz CT molecular complexity index is 121. The van der Waals surface area contributed by atoms with E-state index >= 15 is 0 Å². The van der Waals surface area contributed by atoms with Gasteiger partial charge in [-0.25, -0.2) is 0 Å². The fourth-order valence-electron chi connectivity index (χ4n) is 0.159. The van der Waals surface area contributed by atoms with Crippen molar-refractivity contribution in [3.8, 4) is 0 Å². The third kappa shape index (κ3) is 2.69. The van der Waals surface area contributed by atoms with Gasteiger partial charge in [-0.2, -0.15) is 13.2 Å². The predicted molar refractivity (Wildman–Crippen MR) is 29.1 cm³/mol. The summed E-state index contributed by atoms with van der Waals surface area (Å²) in [6.07, 6.45) is -4.53. The number of oxime groups is 1. The van der Waals surface area contributed by atoms with Gasteiger partial charge >= 0.3 is 6.18 Å². The van der Waals surface area contributed by atoms with E-state index in [9.17, 15) is 13.2 Å². The van der Waals surface area contributed by atoms with Crippen LogP contribution >= 0.6 is 15.9 Å². The van der Waals surface area contributed by atoms with Crippen molar-refractivity contribution in [3.63, 3.8) is 0 Å². The van der Waals surface area contributed by atoms with E-state index in [0.717, 1.165) is 0 Å². The Balaban J connectivity index is 4.14. The molecule has 0 unspecified atom stereocenters. The number of hydrogen-bond donors (Lipinski definition) is 1. The van der Waals surface area contributed by atoms with Crippen molar-refractivity contribution in [3.05, 3.63) is 0 Å². The van der Waals surface area contributed by atoms with Crippen LogP contribution in [0.25, 0.3) is 0 Å². The maximum absolute atomic E-state index is 11.4. The quantitative estimate of drug-likeness (QED) is 0.301. The van der Waals surface area contributed by atoms with E-state index in [1.165, 1.54) is 0 Å². The van der Waals surface area contributed by atoms with E-state index in [2.05, 4.69) is 15.9 Å². The summed E-state index contributed by atoms with van der Waals surface area (Å²) in [5.74, 6) is 0. The summed E-state index contributed by atoms with van der Waals surface area (Å²) >= 11 is 2.50. The van der Waals surface area contributed by atoms with Gasteiger partial charge in [-0.05, 0) is 0 Å². The molecule has 0 fully saturated rings. The van der Waals surface area contributed by atoms with Crippen LogP contribution in [0.1, 0.15) is 0 Å². The van der Waals surface area contributed by atoms with Crippen molar-refractivity contribution < 1.29 is 18.4 Å². The fourth-order valence-corrected chi connectivity index (χ4v) is 0.589. The molecule has 9 heavy (non-hydrogen) atoms. The van der Waals surface area contributed by atoms with Gasteiger partial charge in [0.25, 0.3) is 0 Å². The molecule has 0 saturated heterocycles. The summed E-state index contributed by atoms with van der Waals surface area (Å²) < 4.78 is 34.2. The molecule has 0 atom stereocenters. The van der Waals surface area contributed by atoms with E-state index in [1.54, 1.807) is 0 Å². The predicted octanol–water partition coefficient (Wildman–Crippen LogP) is 1.77. The van der Waals surface area contributed by atoms with Crippen molar-refractivity contribution >= 4 is 21.6 Å². The molecule has 0 aliphatic heterocycles. The molecule has 0 aliphatic carbocycles. The molecule has 54 valence electrons. The standard InChI is InChI=1S/C3H3BrF3NO/c4-1-2(8-9)3(5,6)7/h9H,1H2/b8-2-. The number of hydrogen-bond acceptors (Lipinski definition) is 2. The Morgan fingerprint density at radius 2 is 2.00 bits per heavy atom. The zero-order valence-corrected chi connectivity index (χ0v) is 5.70. The van der Waals surface area contributed by atoms with Crippen molar-refractivity contribution in [2.24, 2.45) is 5.16 Å². The number of halogens is 4. The van der Waals surface area contributed by atoms with Gasteiger partial charge in [0.2, 0.25) is 0 Å². The first-order chi connectivity index (χ1) is 4.02. The summed E-state index contributed by atoms with van der Waals surface area (Å²) in [7, 11) is 0. The third-order valence-corrected chi connectivity index (χ3v) is 1.11. The Kier molecular flexibility index (Phi) is 2.96. The molecule has 0 spiro atoms. The monoisotopic (exact) mass is 205 g/mol. The first-order valence-electron chi connectivity index (χ1n) is 1.86. The minimum absolute atomic E-state index is 0.493. The zero-order valence-electron chi connectivity index (χ0n) is 4.11. The van der Waals surface area contributed by atoms with E-state index in [4.69, 9.17) is 5.21 Å². The molecule has 0 saturated carbocycles. The minimum Gasteiger partial charge on any atom is -0.411 e. The molecule has 0 aromatic carbocycles. The Labute approximate surface area is 57.5 Å². The highest BCUT2D eigenvalue weighted by Crippen LogP contribution is 2.17. The molecular formula is C3H3BrF3NO. The van der Waals surface area contributed by atoms with Gasteiger partial charge in [-0.15, -0.1) is 0 Å². The fraction of sp³-hybridized carbons (Fsp3) is 0.667. The Morgan fingerprint density at radius 3 is 2.00 bits per heavy atom. The molecule has 0 bridgehead atoms. The first-order valence-corrected chi connectivity index (χ1v) is 2.98. The van der Waals surface area contributed by atoms with Gasteiger partial charge in [0.1, 0.15) is 0 Å². The summed E-state index contributed by atoms with van der Waals surface area (Å²) in [5, 5.41) is 9.23. The molecule has 6 heteroatoms. The van der Waals surface area contributed by atoms with Gasteiger partial charge in [-0.3, -0.25) is 0 Å². The molecule has 2 nitrogen and oxygen atoms in total. The average Bonchev–Trinajstić information content (AvgIpc) is 1.65. The number of rotatable bonds is 1. The van der Waals surface area contributed by atoms with Crippen molar-refractivity contribution in [2.45, 2.75) is 6.18 Å². The lowest BCUT2D eigenvalue weighted by atomic mass is 10.4. The van der Waals surface area contributed by atoms with Crippen LogP contribution in [0.15, 0.2) is 5.16 Å².